The summed E-state index contributed by atoms with van der Waals surface area (Å²) in [5.74, 6) is -0.576. The van der Waals surface area contributed by atoms with Gasteiger partial charge in [-0.25, -0.2) is 0 Å². The van der Waals surface area contributed by atoms with E-state index < -0.39 is 10.8 Å². The molecule has 0 bridgehead atoms. The first kappa shape index (κ1) is 11.0. The predicted molar refractivity (Wildman–Crippen MR) is 52.2 cm³/mol. The standard InChI is InChI=1S/C7H11N5O3/c8-6(13)2-1-3-9-5-4-10-11-7(5)12(14)15/h4,9H,1-3H2,(H2,8,13)(H,10,11). The molecule has 0 spiro atoms. The molecule has 0 unspecified atom stereocenters. The second-order valence-corrected chi connectivity index (χ2v) is 2.89. The lowest BCUT2D eigenvalue weighted by molar-refractivity contribution is -0.388. The van der Waals surface area contributed by atoms with Crippen LogP contribution in [0, 0.1) is 10.1 Å². The number of nitrogens with one attached hydrogen (secondary N) is 2. The minimum Gasteiger partial charge on any atom is -0.377 e. The summed E-state index contributed by atoms with van der Waals surface area (Å²) in [4.78, 5) is 20.3. The van der Waals surface area contributed by atoms with Gasteiger partial charge in [0.15, 0.2) is 5.69 Å². The Morgan fingerprint density at radius 1 is 1.73 bits per heavy atom. The van der Waals surface area contributed by atoms with Gasteiger partial charge in [0.2, 0.25) is 5.91 Å². The van der Waals surface area contributed by atoms with E-state index in [9.17, 15) is 14.9 Å². The number of amides is 1. The highest BCUT2D eigenvalue weighted by molar-refractivity contribution is 5.73. The molecule has 0 aromatic carbocycles. The molecule has 82 valence electrons. The molecular weight excluding hydrogens is 202 g/mol. The largest absolute Gasteiger partial charge is 0.377 e. The molecular formula is C7H11N5O3. The lowest BCUT2D eigenvalue weighted by Gasteiger charge is -2.01. The summed E-state index contributed by atoms with van der Waals surface area (Å²) in [6.45, 7) is 0.434. The number of hydrogen-bond donors (Lipinski definition) is 3. The molecule has 0 saturated carbocycles. The fourth-order valence-electron chi connectivity index (χ4n) is 1.03. The summed E-state index contributed by atoms with van der Waals surface area (Å²) in [5.41, 5.74) is 5.25. The van der Waals surface area contributed by atoms with Crippen LogP contribution in [0.15, 0.2) is 6.20 Å². The molecule has 4 N–H and O–H groups in total. The Bertz CT molecular complexity index is 361. The number of primary amides is 1. The SMILES string of the molecule is NC(=O)CCCNc1cn[nH]c1[N+](=O)[O-]. The van der Waals surface area contributed by atoms with E-state index >= 15 is 0 Å². The van der Waals surface area contributed by atoms with Crippen LogP contribution in [0.2, 0.25) is 0 Å². The molecule has 0 atom stereocenters. The second-order valence-electron chi connectivity index (χ2n) is 2.89. The topological polar surface area (TPSA) is 127 Å². The third-order valence-electron chi connectivity index (χ3n) is 1.72. The molecule has 8 nitrogen and oxygen atoms in total. The van der Waals surface area contributed by atoms with Crippen LogP contribution in [-0.4, -0.2) is 27.6 Å². The number of anilines is 1. The Kier molecular flexibility index (Phi) is 3.61. The average molecular weight is 213 g/mol. The molecule has 0 aliphatic carbocycles. The monoisotopic (exact) mass is 213 g/mol. The van der Waals surface area contributed by atoms with Crippen molar-refractivity contribution < 1.29 is 9.72 Å². The highest BCUT2D eigenvalue weighted by Gasteiger charge is 2.13. The number of nitrogens with two attached hydrogens (primary N) is 1. The van der Waals surface area contributed by atoms with Crippen LogP contribution in [0.1, 0.15) is 12.8 Å². The van der Waals surface area contributed by atoms with E-state index in [1.807, 2.05) is 0 Å². The fourth-order valence-corrected chi connectivity index (χ4v) is 1.03. The van der Waals surface area contributed by atoms with Gasteiger partial charge in [0, 0.05) is 13.0 Å². The molecule has 1 aromatic rings. The van der Waals surface area contributed by atoms with E-state index in [1.165, 1.54) is 6.20 Å². The Balaban J connectivity index is 2.40. The number of rotatable bonds is 6. The normalized spacial score (nSPS) is 9.87. The minimum absolute atomic E-state index is 0.186. The van der Waals surface area contributed by atoms with Gasteiger partial charge in [-0.15, -0.1) is 5.10 Å². The van der Waals surface area contributed by atoms with Gasteiger partial charge in [-0.1, -0.05) is 5.10 Å². The summed E-state index contributed by atoms with van der Waals surface area (Å²) in [7, 11) is 0. The molecule has 0 fully saturated rings. The van der Waals surface area contributed by atoms with Crippen molar-refractivity contribution in [3.8, 4) is 0 Å². The number of carbonyl (C=O) groups is 1. The highest BCUT2D eigenvalue weighted by Crippen LogP contribution is 2.19. The first-order valence-corrected chi connectivity index (χ1v) is 4.31. The highest BCUT2D eigenvalue weighted by atomic mass is 16.6. The number of H-pyrrole nitrogens is 1. The van der Waals surface area contributed by atoms with Crippen molar-refractivity contribution in [1.29, 1.82) is 0 Å². The summed E-state index contributed by atoms with van der Waals surface area (Å²) in [5, 5.41) is 19.0. The average Bonchev–Trinajstić information content (AvgIpc) is 2.60. The van der Waals surface area contributed by atoms with Crippen molar-refractivity contribution >= 4 is 17.4 Å². The molecule has 1 heterocycles. The molecule has 1 rings (SSSR count). The number of nitro groups is 1. The maximum absolute atomic E-state index is 10.4. The van der Waals surface area contributed by atoms with E-state index in [2.05, 4.69) is 15.5 Å². The lowest BCUT2D eigenvalue weighted by atomic mass is 10.3. The lowest BCUT2D eigenvalue weighted by Crippen LogP contribution is -2.12. The van der Waals surface area contributed by atoms with Crippen molar-refractivity contribution in [2.45, 2.75) is 12.8 Å². The molecule has 1 amide bonds. The van der Waals surface area contributed by atoms with Crippen LogP contribution >= 0.6 is 0 Å². The van der Waals surface area contributed by atoms with Crippen molar-refractivity contribution in [2.24, 2.45) is 5.73 Å². The van der Waals surface area contributed by atoms with Gasteiger partial charge in [-0.05, 0) is 11.3 Å². The molecule has 8 heteroatoms. The Morgan fingerprint density at radius 2 is 2.47 bits per heavy atom. The Labute approximate surface area is 85.0 Å². The summed E-state index contributed by atoms with van der Waals surface area (Å²) < 4.78 is 0. The van der Waals surface area contributed by atoms with Gasteiger partial charge in [-0.2, -0.15) is 0 Å². The molecule has 0 aliphatic rings. The molecule has 0 aliphatic heterocycles. The second kappa shape index (κ2) is 4.94. The molecule has 1 aromatic heterocycles. The van der Waals surface area contributed by atoms with Crippen molar-refractivity contribution in [3.63, 3.8) is 0 Å². The van der Waals surface area contributed by atoms with E-state index in [-0.39, 0.29) is 12.2 Å². The van der Waals surface area contributed by atoms with E-state index in [1.54, 1.807) is 0 Å². The van der Waals surface area contributed by atoms with Crippen molar-refractivity contribution in [3.05, 3.63) is 16.3 Å². The quantitative estimate of drug-likeness (QED) is 0.348. The predicted octanol–water partition coefficient (Wildman–Crippen LogP) is -0.00470. The molecule has 15 heavy (non-hydrogen) atoms. The van der Waals surface area contributed by atoms with Crippen LogP contribution in [0.25, 0.3) is 0 Å². The number of aromatic amines is 1. The number of nitrogens with zero attached hydrogens (tertiary/aromatic N) is 2. The van der Waals surface area contributed by atoms with Gasteiger partial charge in [0.25, 0.3) is 0 Å². The maximum atomic E-state index is 10.4. The first-order chi connectivity index (χ1) is 7.11. The summed E-state index contributed by atoms with van der Waals surface area (Å²) in [6.07, 6.45) is 2.10. The first-order valence-electron chi connectivity index (χ1n) is 4.31. The summed E-state index contributed by atoms with van der Waals surface area (Å²) in [6, 6.07) is 0. The van der Waals surface area contributed by atoms with Gasteiger partial charge in [0.05, 0.1) is 0 Å². The van der Waals surface area contributed by atoms with Crippen LogP contribution in [0.3, 0.4) is 0 Å². The number of aromatic nitrogens is 2. The summed E-state index contributed by atoms with van der Waals surface area (Å²) >= 11 is 0. The van der Waals surface area contributed by atoms with Crippen LogP contribution in [-0.2, 0) is 4.79 Å². The fraction of sp³-hybridized carbons (Fsp3) is 0.429. The van der Waals surface area contributed by atoms with Crippen LogP contribution < -0.4 is 11.1 Å². The van der Waals surface area contributed by atoms with E-state index in [4.69, 9.17) is 5.73 Å². The number of hydrogen-bond acceptors (Lipinski definition) is 5. The van der Waals surface area contributed by atoms with Crippen LogP contribution in [0.5, 0.6) is 0 Å². The van der Waals surface area contributed by atoms with E-state index in [0.717, 1.165) is 0 Å². The van der Waals surface area contributed by atoms with Crippen LogP contribution in [0.4, 0.5) is 11.5 Å². The van der Waals surface area contributed by atoms with Gasteiger partial charge < -0.3 is 21.2 Å². The number of carbonyl (C=O) groups excluding carboxylic acids is 1. The molecule has 0 radical (unpaired) electrons. The van der Waals surface area contributed by atoms with Gasteiger partial charge in [-0.3, -0.25) is 4.79 Å². The zero-order valence-corrected chi connectivity index (χ0v) is 7.90. The zero-order chi connectivity index (χ0) is 11.3. The van der Waals surface area contributed by atoms with Crippen molar-refractivity contribution in [1.82, 2.24) is 10.2 Å². The molecule has 0 saturated heterocycles. The third-order valence-corrected chi connectivity index (χ3v) is 1.72. The van der Waals surface area contributed by atoms with Crippen molar-refractivity contribution in [2.75, 3.05) is 11.9 Å². The maximum Gasteiger partial charge on any atom is 0.366 e. The van der Waals surface area contributed by atoms with Gasteiger partial charge >= 0.3 is 5.82 Å². The Morgan fingerprint density at radius 3 is 3.07 bits per heavy atom. The smallest absolute Gasteiger partial charge is 0.366 e. The minimum atomic E-state index is -0.566. The van der Waals surface area contributed by atoms with Gasteiger partial charge in [0.1, 0.15) is 6.20 Å². The third kappa shape index (κ3) is 3.25. The van der Waals surface area contributed by atoms with E-state index in [0.29, 0.717) is 18.7 Å². The zero-order valence-electron chi connectivity index (χ0n) is 7.90. The Hall–Kier alpha value is -2.12.